The van der Waals surface area contributed by atoms with E-state index >= 15 is 0 Å². The lowest BCUT2D eigenvalue weighted by Crippen LogP contribution is -2.28. The predicted molar refractivity (Wildman–Crippen MR) is 95.2 cm³/mol. The molecule has 0 unspecified atom stereocenters. The normalized spacial score (nSPS) is 12.0. The summed E-state index contributed by atoms with van der Waals surface area (Å²) >= 11 is 19.5. The summed E-state index contributed by atoms with van der Waals surface area (Å²) in [6.07, 6.45) is 0. The maximum Gasteiger partial charge on any atom is 0.230 e. The minimum absolute atomic E-state index is 0.0894. The van der Waals surface area contributed by atoms with Crippen molar-refractivity contribution in [1.82, 2.24) is 5.32 Å². The number of nitrogens with one attached hydrogen (secondary N) is 1. The predicted octanol–water partition coefficient (Wildman–Crippen LogP) is 5.62. The van der Waals surface area contributed by atoms with E-state index in [1.165, 1.54) is 11.8 Å². The van der Waals surface area contributed by atoms with E-state index in [1.54, 1.807) is 24.3 Å². The first-order valence-corrected chi connectivity index (χ1v) is 8.71. The largest absolute Gasteiger partial charge is 0.349 e. The van der Waals surface area contributed by atoms with E-state index in [2.05, 4.69) is 5.32 Å². The zero-order chi connectivity index (χ0) is 16.1. The van der Waals surface area contributed by atoms with Crippen LogP contribution in [-0.2, 0) is 4.79 Å². The van der Waals surface area contributed by atoms with Gasteiger partial charge in [0.1, 0.15) is 0 Å². The standard InChI is InChI=1S/C16H14Cl3NOS/c1-10(12-4-2-3-5-13(12)18)20-16(21)9-22-15-8-11(17)6-7-14(15)19/h2-8,10H,9H2,1H3,(H,20,21)/t10-/m1/s1. The van der Waals surface area contributed by atoms with Gasteiger partial charge in [0.2, 0.25) is 5.91 Å². The lowest BCUT2D eigenvalue weighted by Gasteiger charge is -2.15. The van der Waals surface area contributed by atoms with Gasteiger partial charge < -0.3 is 5.32 Å². The van der Waals surface area contributed by atoms with Crippen LogP contribution in [0.3, 0.4) is 0 Å². The molecule has 0 bridgehead atoms. The zero-order valence-corrected chi connectivity index (χ0v) is 14.9. The van der Waals surface area contributed by atoms with Crippen LogP contribution in [-0.4, -0.2) is 11.7 Å². The molecule has 0 heterocycles. The molecule has 6 heteroatoms. The fourth-order valence-electron chi connectivity index (χ4n) is 1.92. The number of thioether (sulfide) groups is 1. The summed E-state index contributed by atoms with van der Waals surface area (Å²) in [4.78, 5) is 12.8. The number of carbonyl (C=O) groups is 1. The summed E-state index contributed by atoms with van der Waals surface area (Å²) in [6, 6.07) is 12.5. The minimum Gasteiger partial charge on any atom is -0.349 e. The monoisotopic (exact) mass is 373 g/mol. The molecule has 0 saturated carbocycles. The number of benzene rings is 2. The van der Waals surface area contributed by atoms with Crippen molar-refractivity contribution in [2.75, 3.05) is 5.75 Å². The number of hydrogen-bond donors (Lipinski definition) is 1. The average Bonchev–Trinajstić information content (AvgIpc) is 2.48. The van der Waals surface area contributed by atoms with E-state index in [-0.39, 0.29) is 17.7 Å². The van der Waals surface area contributed by atoms with Crippen LogP contribution in [0.15, 0.2) is 47.4 Å². The number of halogens is 3. The Kier molecular flexibility index (Phi) is 6.45. The molecule has 0 saturated heterocycles. The third-order valence-corrected chi connectivity index (χ3v) is 5.08. The molecule has 22 heavy (non-hydrogen) atoms. The average molecular weight is 375 g/mol. The SMILES string of the molecule is C[C@@H](NC(=O)CSc1cc(Cl)ccc1Cl)c1ccccc1Cl. The molecule has 0 aliphatic heterocycles. The molecule has 0 radical (unpaired) electrons. The second-order valence-corrected chi connectivity index (χ2v) is 6.94. The van der Waals surface area contributed by atoms with Crippen LogP contribution in [0.1, 0.15) is 18.5 Å². The van der Waals surface area contributed by atoms with Crippen molar-refractivity contribution in [3.63, 3.8) is 0 Å². The molecule has 0 aliphatic rings. The Morgan fingerprint density at radius 2 is 1.86 bits per heavy atom. The first-order valence-electron chi connectivity index (χ1n) is 6.59. The topological polar surface area (TPSA) is 29.1 Å². The number of rotatable bonds is 5. The number of carbonyl (C=O) groups excluding carboxylic acids is 1. The Morgan fingerprint density at radius 3 is 2.59 bits per heavy atom. The third kappa shape index (κ3) is 4.82. The quantitative estimate of drug-likeness (QED) is 0.688. The highest BCUT2D eigenvalue weighted by Gasteiger charge is 2.13. The highest BCUT2D eigenvalue weighted by atomic mass is 35.5. The van der Waals surface area contributed by atoms with Crippen LogP contribution in [0.25, 0.3) is 0 Å². The van der Waals surface area contributed by atoms with Gasteiger partial charge in [0.15, 0.2) is 0 Å². The molecule has 116 valence electrons. The van der Waals surface area contributed by atoms with Gasteiger partial charge in [-0.3, -0.25) is 4.79 Å². The summed E-state index contributed by atoms with van der Waals surface area (Å²) in [5, 5.41) is 4.74. The van der Waals surface area contributed by atoms with Crippen molar-refractivity contribution >= 4 is 52.5 Å². The van der Waals surface area contributed by atoms with Gasteiger partial charge in [0.25, 0.3) is 0 Å². The highest BCUT2D eigenvalue weighted by molar-refractivity contribution is 8.00. The highest BCUT2D eigenvalue weighted by Crippen LogP contribution is 2.30. The van der Waals surface area contributed by atoms with Crippen LogP contribution in [0.4, 0.5) is 0 Å². The van der Waals surface area contributed by atoms with Crippen molar-refractivity contribution < 1.29 is 4.79 Å². The Bertz CT molecular complexity index is 678. The zero-order valence-electron chi connectivity index (χ0n) is 11.8. The van der Waals surface area contributed by atoms with Gasteiger partial charge in [0.05, 0.1) is 16.8 Å². The Morgan fingerprint density at radius 1 is 1.14 bits per heavy atom. The molecule has 1 amide bonds. The van der Waals surface area contributed by atoms with Crippen molar-refractivity contribution in [2.24, 2.45) is 0 Å². The molecule has 1 atom stereocenters. The van der Waals surface area contributed by atoms with E-state index in [9.17, 15) is 4.79 Å². The molecular weight excluding hydrogens is 361 g/mol. The Balaban J connectivity index is 1.93. The van der Waals surface area contributed by atoms with Crippen LogP contribution in [0.5, 0.6) is 0 Å². The molecule has 0 aromatic heterocycles. The lowest BCUT2D eigenvalue weighted by atomic mass is 10.1. The van der Waals surface area contributed by atoms with Crippen molar-refractivity contribution in [3.05, 3.63) is 63.1 Å². The van der Waals surface area contributed by atoms with Gasteiger partial charge in [-0.2, -0.15) is 0 Å². The van der Waals surface area contributed by atoms with Gasteiger partial charge >= 0.3 is 0 Å². The number of hydrogen-bond acceptors (Lipinski definition) is 2. The van der Waals surface area contributed by atoms with Gasteiger partial charge in [0, 0.05) is 14.9 Å². The van der Waals surface area contributed by atoms with Crippen LogP contribution in [0.2, 0.25) is 15.1 Å². The Labute approximate surface area is 149 Å². The summed E-state index contributed by atoms with van der Waals surface area (Å²) in [5.74, 6) is 0.169. The maximum atomic E-state index is 12.1. The van der Waals surface area contributed by atoms with Gasteiger partial charge in [-0.15, -0.1) is 11.8 Å². The summed E-state index contributed by atoms with van der Waals surface area (Å²) < 4.78 is 0. The van der Waals surface area contributed by atoms with Crippen LogP contribution < -0.4 is 5.32 Å². The van der Waals surface area contributed by atoms with Gasteiger partial charge in [-0.05, 0) is 36.8 Å². The molecule has 2 nitrogen and oxygen atoms in total. The van der Waals surface area contributed by atoms with Crippen LogP contribution >= 0.6 is 46.6 Å². The van der Waals surface area contributed by atoms with E-state index in [1.807, 2.05) is 25.1 Å². The molecular formula is C16H14Cl3NOS. The molecule has 1 N–H and O–H groups in total. The molecule has 0 fully saturated rings. The fourth-order valence-corrected chi connectivity index (χ4v) is 3.52. The fraction of sp³-hybridized carbons (Fsp3) is 0.188. The second kappa shape index (κ2) is 8.11. The second-order valence-electron chi connectivity index (χ2n) is 4.67. The summed E-state index contributed by atoms with van der Waals surface area (Å²) in [5.41, 5.74) is 0.892. The van der Waals surface area contributed by atoms with E-state index in [4.69, 9.17) is 34.8 Å². The van der Waals surface area contributed by atoms with Crippen molar-refractivity contribution in [2.45, 2.75) is 17.9 Å². The molecule has 2 rings (SSSR count). The minimum atomic E-state index is -0.156. The maximum absolute atomic E-state index is 12.1. The smallest absolute Gasteiger partial charge is 0.230 e. The van der Waals surface area contributed by atoms with Crippen LogP contribution in [0, 0.1) is 0 Å². The van der Waals surface area contributed by atoms with E-state index in [0.29, 0.717) is 15.1 Å². The van der Waals surface area contributed by atoms with E-state index < -0.39 is 0 Å². The summed E-state index contributed by atoms with van der Waals surface area (Å²) in [7, 11) is 0. The molecule has 2 aromatic rings. The van der Waals surface area contributed by atoms with Gasteiger partial charge in [-0.1, -0.05) is 53.0 Å². The first kappa shape index (κ1) is 17.5. The first-order chi connectivity index (χ1) is 10.5. The van der Waals surface area contributed by atoms with Crippen molar-refractivity contribution in [1.29, 1.82) is 0 Å². The lowest BCUT2D eigenvalue weighted by molar-refractivity contribution is -0.119. The molecule has 0 spiro atoms. The molecule has 2 aromatic carbocycles. The number of amides is 1. The van der Waals surface area contributed by atoms with Crippen molar-refractivity contribution in [3.8, 4) is 0 Å². The molecule has 0 aliphatic carbocycles. The summed E-state index contributed by atoms with van der Waals surface area (Å²) in [6.45, 7) is 1.90. The van der Waals surface area contributed by atoms with Gasteiger partial charge in [-0.25, -0.2) is 0 Å². The van der Waals surface area contributed by atoms with E-state index in [0.717, 1.165) is 10.5 Å². The third-order valence-electron chi connectivity index (χ3n) is 3.00. The Hall–Kier alpha value is -0.870.